The number of hydrogen-bond donors (Lipinski definition) is 1. The first-order chi connectivity index (χ1) is 20.7. The molecule has 0 saturated carbocycles. The number of thiophene rings is 1. The van der Waals surface area contributed by atoms with E-state index in [4.69, 9.17) is 4.98 Å². The first-order valence-electron chi connectivity index (χ1n) is 15.9. The summed E-state index contributed by atoms with van der Waals surface area (Å²) in [7, 11) is 0. The Hall–Kier alpha value is -1.76. The number of pyridine rings is 1. The minimum Gasteiger partial charge on any atom is 0 e. The molecule has 46 heavy (non-hydrogen) atoms. The van der Waals surface area contributed by atoms with Crippen LogP contribution < -0.4 is 0 Å². The number of benzene rings is 3. The van der Waals surface area contributed by atoms with Gasteiger partial charge in [0.05, 0.1) is 0 Å². The fourth-order valence-corrected chi connectivity index (χ4v) is 9.55. The predicted molar refractivity (Wildman–Crippen MR) is 203 cm³/mol. The number of rotatable bonds is 5. The summed E-state index contributed by atoms with van der Waals surface area (Å²) in [5.74, 6) is 12.4. The van der Waals surface area contributed by atoms with E-state index in [1.54, 1.807) is 0 Å². The number of nitrogens with zero attached hydrogens (tertiary/aromatic N) is 1. The predicted octanol–water partition coefficient (Wildman–Crippen LogP) is 11.7. The van der Waals surface area contributed by atoms with Crippen molar-refractivity contribution in [2.45, 2.75) is 87.9 Å². The zero-order valence-electron chi connectivity index (χ0n) is 29.6. The van der Waals surface area contributed by atoms with Crippen molar-refractivity contribution in [3.8, 4) is 11.3 Å². The van der Waals surface area contributed by atoms with Crippen LogP contribution in [-0.4, -0.2) is 41.2 Å². The molecule has 0 atom stereocenters. The average Bonchev–Trinajstić information content (AvgIpc) is 3.30. The van der Waals surface area contributed by atoms with E-state index >= 15 is 0 Å². The van der Waals surface area contributed by atoms with Gasteiger partial charge in [0.2, 0.25) is 0 Å². The quantitative estimate of drug-likeness (QED) is 0.0827. The third-order valence-electron chi connectivity index (χ3n) is 7.83. The van der Waals surface area contributed by atoms with E-state index in [-0.39, 0.29) is 35.6 Å². The molecule has 0 bridgehead atoms. The molecule has 0 aliphatic heterocycles. The number of allylic oxidation sites excluding steroid dienone is 1. The van der Waals surface area contributed by atoms with Gasteiger partial charge < -0.3 is 0 Å². The van der Waals surface area contributed by atoms with Crippen LogP contribution in [0, 0.1) is 11.5 Å². The second-order valence-electron chi connectivity index (χ2n) is 16.5. The smallest absolute Gasteiger partial charge is 0 e. The van der Waals surface area contributed by atoms with E-state index in [0.717, 1.165) is 23.1 Å². The van der Waals surface area contributed by atoms with E-state index in [9.17, 15) is 9.90 Å². The van der Waals surface area contributed by atoms with Crippen LogP contribution in [0.15, 0.2) is 71.5 Å². The number of carbonyl (C=O) groups excluding carboxylic acids is 1. The van der Waals surface area contributed by atoms with E-state index < -0.39 is 26.5 Å². The zero-order valence-corrected chi connectivity index (χ0v) is 37.0. The summed E-state index contributed by atoms with van der Waals surface area (Å²) < 4.78 is 3.22. The van der Waals surface area contributed by atoms with Gasteiger partial charge in [0.25, 0.3) is 0 Å². The molecule has 0 saturated heterocycles. The van der Waals surface area contributed by atoms with Crippen molar-refractivity contribution in [3.63, 3.8) is 0 Å². The number of aliphatic hydroxyl groups is 1. The van der Waals surface area contributed by atoms with Crippen molar-refractivity contribution in [2.24, 2.45) is 5.41 Å². The standard InChI is InChI=1S/C30H30NS.C9H20Ge2O2.Ir/c1-29(2,3)18-20-11-9-13-23-24-14-15-31-26(28(24)32-27(20)23)21-16-19-10-7-8-12-22(19)25(17-21)30(4,5)6;1-10(2,3)8(12)7-9(13)11(4,5)6;/h7-15,17H,18H2,1-6H3;7,12H,1-6H3;/q-1;;/b;8-7-;. The summed E-state index contributed by atoms with van der Waals surface area (Å²) in [5.41, 5.74) is 5.19. The second-order valence-corrected chi connectivity index (χ2v) is 38.5. The van der Waals surface area contributed by atoms with Gasteiger partial charge in [0.1, 0.15) is 0 Å². The molecule has 1 N–H and O–H groups in total. The van der Waals surface area contributed by atoms with Crippen LogP contribution in [0.3, 0.4) is 0 Å². The maximum Gasteiger partial charge on any atom is 0 e. The Morgan fingerprint density at radius 2 is 1.46 bits per heavy atom. The van der Waals surface area contributed by atoms with Gasteiger partial charge in [-0.1, -0.05) is 88.9 Å². The SMILES string of the molecule is CC(C)(C)Cc1cccc2c1sc1c(-c3[c-]c4ccccc4c(C(C)(C)C)c3)nccc12.[CH3][Ge]([CH3])([CH3])[C](=O)/C=[C](\O)[Ge]([CH3])([CH3])[CH3].[Ir]. The fourth-order valence-electron chi connectivity index (χ4n) is 5.22. The molecule has 0 aliphatic rings. The minimum atomic E-state index is -2.22. The molecule has 3 nitrogen and oxygen atoms in total. The molecule has 5 aromatic rings. The molecule has 3 aromatic carbocycles. The van der Waals surface area contributed by atoms with Gasteiger partial charge in [-0.15, -0.1) is 40.5 Å². The largest absolute Gasteiger partial charge is 0 e. The molecular weight excluding hydrogens is 884 g/mol. The summed E-state index contributed by atoms with van der Waals surface area (Å²) in [6, 6.07) is 23.5. The van der Waals surface area contributed by atoms with Gasteiger partial charge in [-0.05, 0) is 34.3 Å². The number of aliphatic hydroxyl groups excluding tert-OH is 1. The molecule has 247 valence electrons. The number of aromatic nitrogens is 1. The Morgan fingerprint density at radius 3 is 2.04 bits per heavy atom. The minimum absolute atomic E-state index is 0. The van der Waals surface area contributed by atoms with E-state index in [0.29, 0.717) is 4.59 Å². The molecule has 0 spiro atoms. The Labute approximate surface area is 299 Å². The molecule has 5 rings (SSSR count). The third kappa shape index (κ3) is 9.22. The monoisotopic (exact) mass is 937 g/mol. The molecule has 2 aromatic heterocycles. The topological polar surface area (TPSA) is 50.2 Å². The van der Waals surface area contributed by atoms with Crippen LogP contribution in [-0.2, 0) is 36.7 Å². The number of fused-ring (bicyclic) bond motifs is 4. The normalized spacial score (nSPS) is 13.0. The summed E-state index contributed by atoms with van der Waals surface area (Å²) in [6.07, 6.45) is 4.52. The first-order valence-corrected chi connectivity index (χ1v) is 31.4. The van der Waals surface area contributed by atoms with Crippen LogP contribution in [0.4, 0.5) is 0 Å². The molecular formula is C39H50Ge2IrNO2S-. The molecule has 0 unspecified atom stereocenters. The van der Waals surface area contributed by atoms with Gasteiger partial charge >= 0.3 is 86.3 Å². The van der Waals surface area contributed by atoms with Crippen LogP contribution in [0.2, 0.25) is 34.5 Å². The summed E-state index contributed by atoms with van der Waals surface area (Å²) in [4.78, 5) is 16.5. The Balaban J connectivity index is 0.000000352. The summed E-state index contributed by atoms with van der Waals surface area (Å²) in [5, 5.41) is 14.7. The van der Waals surface area contributed by atoms with Gasteiger partial charge in [0, 0.05) is 46.8 Å². The maximum absolute atomic E-state index is 11.6. The van der Waals surface area contributed by atoms with Crippen molar-refractivity contribution in [1.82, 2.24) is 4.98 Å². The number of carbonyl (C=O) groups is 1. The van der Waals surface area contributed by atoms with Crippen molar-refractivity contribution >= 4 is 73.4 Å². The summed E-state index contributed by atoms with van der Waals surface area (Å²) in [6.45, 7) is 13.8. The van der Waals surface area contributed by atoms with Crippen molar-refractivity contribution in [2.75, 3.05) is 0 Å². The fraction of sp³-hybridized carbons (Fsp3) is 0.385. The second kappa shape index (κ2) is 14.4. The van der Waals surface area contributed by atoms with E-state index in [1.165, 1.54) is 42.8 Å². The van der Waals surface area contributed by atoms with Crippen molar-refractivity contribution in [1.29, 1.82) is 0 Å². The van der Waals surface area contributed by atoms with Gasteiger partial charge in [-0.3, -0.25) is 4.98 Å². The summed E-state index contributed by atoms with van der Waals surface area (Å²) >= 11 is -2.49. The molecule has 0 aliphatic carbocycles. The molecule has 1 radical (unpaired) electrons. The zero-order chi connectivity index (χ0) is 33.5. The Bertz CT molecular complexity index is 1900. The third-order valence-corrected chi connectivity index (χ3v) is 16.1. The molecule has 7 heteroatoms. The van der Waals surface area contributed by atoms with Crippen LogP contribution in [0.5, 0.6) is 0 Å². The van der Waals surface area contributed by atoms with E-state index in [2.05, 4.69) is 119 Å². The Morgan fingerprint density at radius 1 is 0.848 bits per heavy atom. The van der Waals surface area contributed by atoms with Crippen LogP contribution >= 0.6 is 11.3 Å². The van der Waals surface area contributed by atoms with Gasteiger partial charge in [-0.2, -0.15) is 0 Å². The van der Waals surface area contributed by atoms with Crippen LogP contribution in [0.25, 0.3) is 42.2 Å². The molecule has 0 amide bonds. The van der Waals surface area contributed by atoms with E-state index in [1.807, 2.05) is 34.8 Å². The van der Waals surface area contributed by atoms with Gasteiger partial charge in [0.15, 0.2) is 0 Å². The average molecular weight is 934 g/mol. The van der Waals surface area contributed by atoms with Crippen molar-refractivity contribution in [3.05, 3.63) is 88.7 Å². The maximum atomic E-state index is 11.6. The Kier molecular flexibility index (Phi) is 12.1. The molecule has 2 heterocycles. The van der Waals surface area contributed by atoms with Crippen molar-refractivity contribution < 1.29 is 30.0 Å². The van der Waals surface area contributed by atoms with Gasteiger partial charge in [-0.25, -0.2) is 0 Å². The first kappa shape index (κ1) is 38.7. The number of hydrogen-bond acceptors (Lipinski definition) is 4. The van der Waals surface area contributed by atoms with Crippen LogP contribution in [0.1, 0.15) is 52.7 Å². The molecule has 0 fully saturated rings.